The van der Waals surface area contributed by atoms with Gasteiger partial charge in [-0.3, -0.25) is 0 Å². The Hall–Kier alpha value is -1.61. The monoisotopic (exact) mass is 188 g/mol. The van der Waals surface area contributed by atoms with Crippen molar-refractivity contribution in [1.29, 1.82) is 0 Å². The predicted molar refractivity (Wildman–Crippen MR) is 54.6 cm³/mol. The molecule has 3 heteroatoms. The van der Waals surface area contributed by atoms with E-state index in [0.29, 0.717) is 6.54 Å². The van der Waals surface area contributed by atoms with Crippen LogP contribution in [0.25, 0.3) is 11.3 Å². The van der Waals surface area contributed by atoms with Crippen molar-refractivity contribution in [3.63, 3.8) is 0 Å². The Kier molecular flexibility index (Phi) is 2.33. The van der Waals surface area contributed by atoms with Gasteiger partial charge in [-0.25, -0.2) is 0 Å². The summed E-state index contributed by atoms with van der Waals surface area (Å²) in [5.41, 5.74) is 8.48. The van der Waals surface area contributed by atoms with Crippen molar-refractivity contribution in [2.75, 3.05) is 0 Å². The fourth-order valence-corrected chi connectivity index (χ4v) is 1.43. The van der Waals surface area contributed by atoms with E-state index in [1.165, 1.54) is 0 Å². The quantitative estimate of drug-likeness (QED) is 0.785. The minimum absolute atomic E-state index is 0.395. The molecule has 2 N–H and O–H groups in total. The second-order valence-electron chi connectivity index (χ2n) is 3.15. The van der Waals surface area contributed by atoms with Gasteiger partial charge in [0.05, 0.1) is 6.54 Å². The lowest BCUT2D eigenvalue weighted by molar-refractivity contribution is 0.386. The summed E-state index contributed by atoms with van der Waals surface area (Å²) in [5.74, 6) is 0.754. The molecule has 3 nitrogen and oxygen atoms in total. The van der Waals surface area contributed by atoms with Crippen LogP contribution < -0.4 is 5.73 Å². The summed E-state index contributed by atoms with van der Waals surface area (Å²) in [4.78, 5) is 0. The number of rotatable bonds is 2. The first-order chi connectivity index (χ1) is 6.83. The van der Waals surface area contributed by atoms with Crippen LogP contribution in [0, 0.1) is 6.92 Å². The highest BCUT2D eigenvalue weighted by molar-refractivity contribution is 5.62. The molecule has 0 spiro atoms. The molecule has 2 aromatic rings. The molecule has 0 unspecified atom stereocenters. The van der Waals surface area contributed by atoms with Gasteiger partial charge in [-0.15, -0.1) is 0 Å². The summed E-state index contributed by atoms with van der Waals surface area (Å²) < 4.78 is 5.12. The van der Waals surface area contributed by atoms with Crippen molar-refractivity contribution in [3.8, 4) is 11.3 Å². The number of hydrogen-bond donors (Lipinski definition) is 1. The highest BCUT2D eigenvalue weighted by atomic mass is 16.5. The number of aromatic nitrogens is 1. The second-order valence-corrected chi connectivity index (χ2v) is 3.15. The van der Waals surface area contributed by atoms with Crippen LogP contribution in [0.3, 0.4) is 0 Å². The average Bonchev–Trinajstić information content (AvgIpc) is 2.61. The first kappa shape index (κ1) is 8.97. The summed E-state index contributed by atoms with van der Waals surface area (Å²) >= 11 is 0. The van der Waals surface area contributed by atoms with Gasteiger partial charge in [0.2, 0.25) is 0 Å². The summed E-state index contributed by atoms with van der Waals surface area (Å²) in [6.45, 7) is 2.37. The molecule has 0 aliphatic carbocycles. The maximum Gasteiger partial charge on any atom is 0.153 e. The van der Waals surface area contributed by atoms with Crippen molar-refractivity contribution in [2.24, 2.45) is 5.73 Å². The Morgan fingerprint density at radius 3 is 2.57 bits per heavy atom. The molecule has 0 aliphatic heterocycles. The van der Waals surface area contributed by atoms with Crippen LogP contribution in [0.1, 0.15) is 11.3 Å². The minimum Gasteiger partial charge on any atom is -0.359 e. The van der Waals surface area contributed by atoms with Crippen molar-refractivity contribution >= 4 is 0 Å². The van der Waals surface area contributed by atoms with Gasteiger partial charge in [-0.1, -0.05) is 35.5 Å². The van der Waals surface area contributed by atoms with E-state index in [-0.39, 0.29) is 0 Å². The lowest BCUT2D eigenvalue weighted by atomic mass is 10.1. The van der Waals surface area contributed by atoms with E-state index in [2.05, 4.69) is 5.16 Å². The average molecular weight is 188 g/mol. The van der Waals surface area contributed by atoms with Crippen molar-refractivity contribution in [2.45, 2.75) is 13.5 Å². The van der Waals surface area contributed by atoms with E-state index in [0.717, 1.165) is 22.6 Å². The molecule has 0 fully saturated rings. The highest BCUT2D eigenvalue weighted by Gasteiger charge is 2.11. The van der Waals surface area contributed by atoms with E-state index in [4.69, 9.17) is 10.3 Å². The van der Waals surface area contributed by atoms with Crippen LogP contribution in [0.4, 0.5) is 0 Å². The molecule has 1 heterocycles. The molecular weight excluding hydrogens is 176 g/mol. The molecule has 0 aliphatic rings. The predicted octanol–water partition coefficient (Wildman–Crippen LogP) is 2.11. The van der Waals surface area contributed by atoms with Crippen LogP contribution in [-0.4, -0.2) is 5.16 Å². The van der Waals surface area contributed by atoms with Crippen LogP contribution in [-0.2, 0) is 6.54 Å². The third kappa shape index (κ3) is 1.42. The highest BCUT2D eigenvalue weighted by Crippen LogP contribution is 2.23. The molecule has 0 atom stereocenters. The Morgan fingerprint density at radius 2 is 2.00 bits per heavy atom. The minimum atomic E-state index is 0.395. The van der Waals surface area contributed by atoms with Gasteiger partial charge in [0, 0.05) is 11.1 Å². The molecule has 2 rings (SSSR count). The number of benzene rings is 1. The van der Waals surface area contributed by atoms with Gasteiger partial charge in [0.25, 0.3) is 0 Å². The van der Waals surface area contributed by atoms with Gasteiger partial charge in [-0.05, 0) is 6.92 Å². The number of hydrogen-bond acceptors (Lipinski definition) is 3. The van der Waals surface area contributed by atoms with E-state index in [1.54, 1.807) is 0 Å². The molecule has 0 bridgehead atoms. The Morgan fingerprint density at radius 1 is 1.29 bits per heavy atom. The second kappa shape index (κ2) is 3.64. The van der Waals surface area contributed by atoms with Gasteiger partial charge in [-0.2, -0.15) is 0 Å². The lowest BCUT2D eigenvalue weighted by Crippen LogP contribution is -1.95. The normalized spacial score (nSPS) is 10.4. The molecule has 0 radical (unpaired) electrons. The molecule has 72 valence electrons. The molecule has 0 saturated heterocycles. The maximum atomic E-state index is 5.51. The topological polar surface area (TPSA) is 52.0 Å². The van der Waals surface area contributed by atoms with Gasteiger partial charge >= 0.3 is 0 Å². The van der Waals surface area contributed by atoms with E-state index in [9.17, 15) is 0 Å². The smallest absolute Gasteiger partial charge is 0.153 e. The van der Waals surface area contributed by atoms with Crippen molar-refractivity contribution < 1.29 is 4.52 Å². The van der Waals surface area contributed by atoms with Crippen LogP contribution in [0.5, 0.6) is 0 Å². The largest absolute Gasteiger partial charge is 0.359 e. The summed E-state index contributed by atoms with van der Waals surface area (Å²) in [7, 11) is 0. The molecule has 0 saturated carbocycles. The molecule has 0 amide bonds. The Bertz CT molecular complexity index is 420. The fraction of sp³-hybridized carbons (Fsp3) is 0.182. The van der Waals surface area contributed by atoms with Crippen LogP contribution in [0.15, 0.2) is 34.9 Å². The first-order valence-corrected chi connectivity index (χ1v) is 4.53. The molecule has 1 aromatic heterocycles. The van der Waals surface area contributed by atoms with E-state index in [1.807, 2.05) is 37.3 Å². The summed E-state index contributed by atoms with van der Waals surface area (Å²) in [6, 6.07) is 9.94. The van der Waals surface area contributed by atoms with Gasteiger partial charge in [0.15, 0.2) is 5.76 Å². The SMILES string of the molecule is Cc1c(-c2ccccc2)noc1CN. The number of nitrogens with two attached hydrogens (primary N) is 1. The van der Waals surface area contributed by atoms with E-state index < -0.39 is 0 Å². The zero-order valence-electron chi connectivity index (χ0n) is 8.03. The Balaban J connectivity index is 2.48. The standard InChI is InChI=1S/C11H12N2O/c1-8-10(7-12)14-13-11(8)9-5-3-2-4-6-9/h2-6H,7,12H2,1H3. The van der Waals surface area contributed by atoms with Gasteiger partial charge < -0.3 is 10.3 Å². The zero-order valence-corrected chi connectivity index (χ0v) is 8.03. The number of nitrogens with zero attached hydrogens (tertiary/aromatic N) is 1. The van der Waals surface area contributed by atoms with Gasteiger partial charge in [0.1, 0.15) is 5.69 Å². The lowest BCUT2D eigenvalue weighted by Gasteiger charge is -1.95. The van der Waals surface area contributed by atoms with E-state index >= 15 is 0 Å². The van der Waals surface area contributed by atoms with Crippen molar-refractivity contribution in [1.82, 2.24) is 5.16 Å². The third-order valence-electron chi connectivity index (χ3n) is 2.25. The first-order valence-electron chi connectivity index (χ1n) is 4.53. The van der Waals surface area contributed by atoms with Crippen LogP contribution >= 0.6 is 0 Å². The summed E-state index contributed by atoms with van der Waals surface area (Å²) in [6.07, 6.45) is 0. The third-order valence-corrected chi connectivity index (χ3v) is 2.25. The Labute approximate surface area is 82.5 Å². The zero-order chi connectivity index (χ0) is 9.97. The maximum absolute atomic E-state index is 5.51. The molecule has 14 heavy (non-hydrogen) atoms. The molecular formula is C11H12N2O. The van der Waals surface area contributed by atoms with Crippen molar-refractivity contribution in [3.05, 3.63) is 41.7 Å². The van der Waals surface area contributed by atoms with Crippen LogP contribution in [0.2, 0.25) is 0 Å². The summed E-state index contributed by atoms with van der Waals surface area (Å²) in [5, 5.41) is 4.00. The fourth-order valence-electron chi connectivity index (χ4n) is 1.43. The molecule has 1 aromatic carbocycles.